The Labute approximate surface area is 294 Å². The van der Waals surface area contributed by atoms with Crippen LogP contribution in [-0.2, 0) is 0 Å². The van der Waals surface area contributed by atoms with Gasteiger partial charge in [0.25, 0.3) is 0 Å². The van der Waals surface area contributed by atoms with E-state index in [0.717, 1.165) is 49.8 Å². The van der Waals surface area contributed by atoms with Crippen LogP contribution in [-0.4, -0.2) is 15.0 Å². The molecule has 0 radical (unpaired) electrons. The Hall–Kier alpha value is -6.91. The summed E-state index contributed by atoms with van der Waals surface area (Å²) < 4.78 is 6.66. The highest BCUT2D eigenvalue weighted by Crippen LogP contribution is 2.41. The van der Waals surface area contributed by atoms with Crippen molar-refractivity contribution in [2.45, 2.75) is 0 Å². The van der Waals surface area contributed by atoms with E-state index < -0.39 is 0 Å². The summed E-state index contributed by atoms with van der Waals surface area (Å²) in [5, 5.41) is 6.75. The van der Waals surface area contributed by atoms with Crippen molar-refractivity contribution in [1.29, 1.82) is 0 Å². The van der Waals surface area contributed by atoms with E-state index in [1.165, 1.54) is 32.7 Å². The van der Waals surface area contributed by atoms with Gasteiger partial charge in [-0.05, 0) is 50.4 Å². The van der Waals surface area contributed by atoms with Crippen molar-refractivity contribution in [3.05, 3.63) is 176 Å². The van der Waals surface area contributed by atoms with Crippen molar-refractivity contribution in [2.24, 2.45) is 0 Å². The molecule has 51 heavy (non-hydrogen) atoms. The van der Waals surface area contributed by atoms with Crippen LogP contribution in [0.25, 0.3) is 99.9 Å². The fourth-order valence-corrected chi connectivity index (χ4v) is 7.22. The Kier molecular flexibility index (Phi) is 6.78. The first-order chi connectivity index (χ1) is 25.3. The Morgan fingerprint density at radius 2 is 0.882 bits per heavy atom. The number of furan rings is 1. The maximum Gasteiger partial charge on any atom is 0.164 e. The standard InChI is InChI=1S/C47H29N3O/c1-3-11-30(12-4-1)31-21-23-33(24-22-31)38-17-9-18-39-43-40(19-10-20-42(43)51-44(38)39)47-49-45(35-14-5-2-6-15-35)48-46(50-47)36-28-27-34-26-25-32-13-7-8-16-37(32)41(34)29-36/h1-29H. The van der Waals surface area contributed by atoms with Gasteiger partial charge in [0.2, 0.25) is 0 Å². The molecule has 0 aliphatic rings. The van der Waals surface area contributed by atoms with Gasteiger partial charge in [0.1, 0.15) is 11.2 Å². The van der Waals surface area contributed by atoms with Crippen molar-refractivity contribution in [3.63, 3.8) is 0 Å². The Morgan fingerprint density at radius 1 is 0.333 bits per heavy atom. The summed E-state index contributed by atoms with van der Waals surface area (Å²) in [4.78, 5) is 15.3. The predicted molar refractivity (Wildman–Crippen MR) is 209 cm³/mol. The lowest BCUT2D eigenvalue weighted by molar-refractivity contribution is 0.670. The monoisotopic (exact) mass is 651 g/mol. The minimum atomic E-state index is 0.600. The third-order valence-electron chi connectivity index (χ3n) is 9.74. The molecule has 0 saturated heterocycles. The van der Waals surface area contributed by atoms with E-state index in [1.54, 1.807) is 0 Å². The molecule has 2 aromatic heterocycles. The molecule has 238 valence electrons. The average molecular weight is 652 g/mol. The quantitative estimate of drug-likeness (QED) is 0.174. The second-order valence-corrected chi connectivity index (χ2v) is 12.8. The lowest BCUT2D eigenvalue weighted by Gasteiger charge is -2.10. The fraction of sp³-hybridized carbons (Fsp3) is 0. The highest BCUT2D eigenvalue weighted by atomic mass is 16.3. The van der Waals surface area contributed by atoms with Crippen LogP contribution in [0.15, 0.2) is 180 Å². The van der Waals surface area contributed by atoms with Crippen LogP contribution in [0, 0.1) is 0 Å². The third-order valence-corrected chi connectivity index (χ3v) is 9.74. The summed E-state index contributed by atoms with van der Waals surface area (Å²) in [5.41, 5.74) is 8.90. The smallest absolute Gasteiger partial charge is 0.164 e. The molecule has 0 saturated carbocycles. The Morgan fingerprint density at radius 3 is 1.69 bits per heavy atom. The van der Waals surface area contributed by atoms with Crippen molar-refractivity contribution >= 4 is 43.5 Å². The molecule has 2 heterocycles. The van der Waals surface area contributed by atoms with Crippen LogP contribution in [0.4, 0.5) is 0 Å². The number of rotatable bonds is 5. The zero-order valence-electron chi connectivity index (χ0n) is 27.5. The first-order valence-electron chi connectivity index (χ1n) is 17.1. The molecule has 10 aromatic rings. The minimum absolute atomic E-state index is 0.600. The van der Waals surface area contributed by atoms with Crippen LogP contribution >= 0.6 is 0 Å². The van der Waals surface area contributed by atoms with Gasteiger partial charge in [-0.25, -0.2) is 15.0 Å². The molecule has 8 aromatic carbocycles. The fourth-order valence-electron chi connectivity index (χ4n) is 7.22. The van der Waals surface area contributed by atoms with Crippen molar-refractivity contribution in [2.75, 3.05) is 0 Å². The van der Waals surface area contributed by atoms with E-state index >= 15 is 0 Å². The van der Waals surface area contributed by atoms with Gasteiger partial charge in [-0.3, -0.25) is 0 Å². The van der Waals surface area contributed by atoms with Crippen LogP contribution in [0.3, 0.4) is 0 Å². The van der Waals surface area contributed by atoms with E-state index in [9.17, 15) is 0 Å². The summed E-state index contributed by atoms with van der Waals surface area (Å²) in [7, 11) is 0. The molecule has 0 aliphatic carbocycles. The largest absolute Gasteiger partial charge is 0.455 e. The topological polar surface area (TPSA) is 51.8 Å². The number of fused-ring (bicyclic) bond motifs is 6. The van der Waals surface area contributed by atoms with Gasteiger partial charge in [-0.15, -0.1) is 0 Å². The first-order valence-corrected chi connectivity index (χ1v) is 17.1. The second-order valence-electron chi connectivity index (χ2n) is 12.8. The van der Waals surface area contributed by atoms with Crippen LogP contribution < -0.4 is 0 Å². The summed E-state index contributed by atoms with van der Waals surface area (Å²) in [6, 6.07) is 61.0. The average Bonchev–Trinajstić information content (AvgIpc) is 3.60. The second kappa shape index (κ2) is 11.9. The number of benzene rings is 8. The van der Waals surface area contributed by atoms with Gasteiger partial charge >= 0.3 is 0 Å². The van der Waals surface area contributed by atoms with Gasteiger partial charge in [-0.1, -0.05) is 164 Å². The normalized spacial score (nSPS) is 11.5. The van der Waals surface area contributed by atoms with Gasteiger partial charge < -0.3 is 4.42 Å². The number of para-hydroxylation sites is 1. The molecule has 0 spiro atoms. The van der Waals surface area contributed by atoms with Crippen LogP contribution in [0.2, 0.25) is 0 Å². The maximum atomic E-state index is 6.66. The highest BCUT2D eigenvalue weighted by Gasteiger charge is 2.20. The lowest BCUT2D eigenvalue weighted by atomic mass is 9.98. The molecule has 0 amide bonds. The Bertz CT molecular complexity index is 2900. The number of hydrogen-bond acceptors (Lipinski definition) is 4. The summed E-state index contributed by atoms with van der Waals surface area (Å²) >= 11 is 0. The molecule has 0 bridgehead atoms. The number of aromatic nitrogens is 3. The summed E-state index contributed by atoms with van der Waals surface area (Å²) in [6.45, 7) is 0. The van der Waals surface area contributed by atoms with Gasteiger partial charge in [0, 0.05) is 33.0 Å². The van der Waals surface area contributed by atoms with Gasteiger partial charge in [0.15, 0.2) is 17.5 Å². The molecule has 10 rings (SSSR count). The molecule has 0 atom stereocenters. The zero-order chi connectivity index (χ0) is 33.7. The van der Waals surface area contributed by atoms with Crippen molar-refractivity contribution in [3.8, 4) is 56.4 Å². The van der Waals surface area contributed by atoms with Crippen molar-refractivity contribution in [1.82, 2.24) is 15.0 Å². The zero-order valence-corrected chi connectivity index (χ0v) is 27.5. The van der Waals surface area contributed by atoms with E-state index in [0.29, 0.717) is 17.5 Å². The minimum Gasteiger partial charge on any atom is -0.455 e. The SMILES string of the molecule is c1ccc(-c2ccc(-c3cccc4c3oc3cccc(-c5nc(-c6ccccc6)nc(-c6ccc7ccc8ccccc8c7c6)n5)c34)cc2)cc1. The Balaban J connectivity index is 1.15. The van der Waals surface area contributed by atoms with Gasteiger partial charge in [0.05, 0.1) is 0 Å². The predicted octanol–water partition coefficient (Wildman–Crippen LogP) is 12.4. The van der Waals surface area contributed by atoms with E-state index in [4.69, 9.17) is 19.4 Å². The molecular formula is C47H29N3O. The van der Waals surface area contributed by atoms with Gasteiger partial charge in [-0.2, -0.15) is 0 Å². The lowest BCUT2D eigenvalue weighted by Crippen LogP contribution is -2.00. The summed E-state index contributed by atoms with van der Waals surface area (Å²) in [6.07, 6.45) is 0. The van der Waals surface area contributed by atoms with Crippen LogP contribution in [0.5, 0.6) is 0 Å². The number of hydrogen-bond donors (Lipinski definition) is 0. The van der Waals surface area contributed by atoms with Crippen molar-refractivity contribution < 1.29 is 4.42 Å². The molecule has 0 fully saturated rings. The van der Waals surface area contributed by atoms with E-state index in [-0.39, 0.29) is 0 Å². The first kappa shape index (κ1) is 29.0. The summed E-state index contributed by atoms with van der Waals surface area (Å²) in [5.74, 6) is 1.85. The highest BCUT2D eigenvalue weighted by molar-refractivity contribution is 6.15. The molecule has 0 aliphatic heterocycles. The van der Waals surface area contributed by atoms with E-state index in [1.807, 2.05) is 48.5 Å². The van der Waals surface area contributed by atoms with Crippen LogP contribution in [0.1, 0.15) is 0 Å². The number of nitrogens with zero attached hydrogens (tertiary/aromatic N) is 3. The molecule has 0 N–H and O–H groups in total. The van der Waals surface area contributed by atoms with E-state index in [2.05, 4.69) is 127 Å². The molecular weight excluding hydrogens is 623 g/mol. The maximum absolute atomic E-state index is 6.66. The molecule has 0 unspecified atom stereocenters. The molecule has 4 nitrogen and oxygen atoms in total. The molecule has 4 heteroatoms. The third kappa shape index (κ3) is 5.04.